The van der Waals surface area contributed by atoms with Crippen LogP contribution >= 0.6 is 0 Å². The van der Waals surface area contributed by atoms with E-state index in [1.807, 2.05) is 146 Å². The maximum absolute atomic E-state index is 9.95. The highest BCUT2D eigenvalue weighted by Crippen LogP contribution is 2.57. The Labute approximate surface area is 411 Å². The number of benzene rings is 11. The first kappa shape index (κ1) is 25.1. The van der Waals surface area contributed by atoms with E-state index in [0.717, 1.165) is 49.7 Å². The molecule has 0 radical (unpaired) electrons. The lowest BCUT2D eigenvalue weighted by atomic mass is 9.67. The largest absolute Gasteiger partial charge is 0.310 e. The van der Waals surface area contributed by atoms with Crippen molar-refractivity contribution in [3.05, 3.63) is 295 Å². The fraction of sp³-hybridized carbons (Fsp3) is 0.0154. The lowest BCUT2D eigenvalue weighted by Crippen LogP contribution is -2.28. The minimum Gasteiger partial charge on any atom is -0.310 e. The molecule has 0 fully saturated rings. The summed E-state index contributed by atoms with van der Waals surface area (Å²) in [4.78, 5) is 1.20. The van der Waals surface area contributed by atoms with Gasteiger partial charge >= 0.3 is 0 Å². The van der Waals surface area contributed by atoms with Gasteiger partial charge in [-0.1, -0.05) is 224 Å². The summed E-state index contributed by atoms with van der Waals surface area (Å²) in [5, 5.41) is 2.04. The van der Waals surface area contributed by atoms with E-state index in [4.69, 9.17) is 9.60 Å². The van der Waals surface area contributed by atoms with Crippen LogP contribution in [0.1, 0.15) is 45.6 Å². The van der Waals surface area contributed by atoms with Crippen molar-refractivity contribution in [2.45, 2.75) is 5.41 Å². The smallest absolute Gasteiger partial charge is 0.0714 e. The van der Waals surface area contributed by atoms with Gasteiger partial charge in [-0.3, -0.25) is 0 Å². The van der Waals surface area contributed by atoms with Gasteiger partial charge in [-0.2, -0.15) is 0 Å². The van der Waals surface area contributed by atoms with E-state index in [1.165, 1.54) is 4.90 Å². The Hall–Kier alpha value is -8.52. The van der Waals surface area contributed by atoms with Crippen LogP contribution in [0.3, 0.4) is 0 Å². The first-order valence-electron chi connectivity index (χ1n) is 29.9. The summed E-state index contributed by atoms with van der Waals surface area (Å²) < 4.78 is 157. The second-order valence-electron chi connectivity index (χ2n) is 15.9. The van der Waals surface area contributed by atoms with E-state index >= 15 is 0 Å². The second kappa shape index (κ2) is 16.6. The molecule has 1 aliphatic carbocycles. The van der Waals surface area contributed by atoms with Gasteiger partial charge in [0.05, 0.1) is 28.7 Å². The standard InChI is InChI=1S/C65H45N/c1-4-15-46(16-5-1)48-27-29-49(30-28-48)50-33-37-58(38-34-50)66(59-39-35-51(36-40-59)53-19-14-20-54(43-53)55-32-31-47-17-10-11-18-52(47)44-55)60-41-42-62-61-25-12-13-26-63(61)65(64(62)45-60,56-21-6-2-7-22-56)57-23-8-3-9-24-57/h1-45H/i1D,4D,5D,15D,16D,27D,28D,29D,30D,33D,34D,35D,36D,37D,38D,39D,40D. The summed E-state index contributed by atoms with van der Waals surface area (Å²) in [5.41, 5.74) is 2.66. The lowest BCUT2D eigenvalue weighted by molar-refractivity contribution is 0.768. The molecule has 0 atom stereocenters. The third-order valence-corrected chi connectivity index (χ3v) is 12.2. The molecule has 0 aliphatic heterocycles. The Bertz CT molecular complexity index is 4390. The lowest BCUT2D eigenvalue weighted by Gasteiger charge is -2.35. The average molecular weight is 857 g/mol. The summed E-state index contributed by atoms with van der Waals surface area (Å²) >= 11 is 0. The molecule has 0 heterocycles. The number of hydrogen-bond acceptors (Lipinski definition) is 1. The van der Waals surface area contributed by atoms with Crippen molar-refractivity contribution in [1.82, 2.24) is 0 Å². The minimum absolute atomic E-state index is 0.0341. The molecular formula is C65H45N. The Balaban J connectivity index is 1.12. The van der Waals surface area contributed by atoms with E-state index in [0.29, 0.717) is 11.1 Å². The molecule has 11 aromatic carbocycles. The summed E-state index contributed by atoms with van der Waals surface area (Å²) in [5.74, 6) is 0. The highest BCUT2D eigenvalue weighted by atomic mass is 15.1. The molecular weight excluding hydrogens is 795 g/mol. The molecule has 0 saturated carbocycles. The van der Waals surface area contributed by atoms with Crippen molar-refractivity contribution in [3.63, 3.8) is 0 Å². The second-order valence-corrected chi connectivity index (χ2v) is 15.9. The summed E-state index contributed by atoms with van der Waals surface area (Å²) in [6, 6.07) is 41.2. The van der Waals surface area contributed by atoms with Crippen molar-refractivity contribution >= 4 is 27.8 Å². The topological polar surface area (TPSA) is 3.24 Å². The molecule has 310 valence electrons. The van der Waals surface area contributed by atoms with Crippen LogP contribution in [0.4, 0.5) is 17.1 Å². The van der Waals surface area contributed by atoms with E-state index in [1.54, 1.807) is 24.3 Å². The van der Waals surface area contributed by atoms with Gasteiger partial charge in [-0.25, -0.2) is 0 Å². The van der Waals surface area contributed by atoms with Crippen LogP contribution in [0.2, 0.25) is 0 Å². The molecule has 0 bridgehead atoms. The molecule has 0 aromatic heterocycles. The Morgan fingerprint density at radius 3 is 1.41 bits per heavy atom. The summed E-state index contributed by atoms with van der Waals surface area (Å²) in [6.07, 6.45) is 0. The monoisotopic (exact) mass is 856 g/mol. The van der Waals surface area contributed by atoms with Crippen LogP contribution in [0.15, 0.2) is 273 Å². The highest BCUT2D eigenvalue weighted by molar-refractivity contribution is 5.91. The average Bonchev–Trinajstić information content (AvgIpc) is 3.86. The van der Waals surface area contributed by atoms with Gasteiger partial charge in [-0.15, -0.1) is 0 Å². The zero-order chi connectivity index (χ0) is 58.7. The summed E-state index contributed by atoms with van der Waals surface area (Å²) in [6.45, 7) is 0. The van der Waals surface area contributed by atoms with Crippen molar-refractivity contribution in [2.24, 2.45) is 0 Å². The fourth-order valence-corrected chi connectivity index (χ4v) is 9.21. The molecule has 66 heavy (non-hydrogen) atoms. The maximum atomic E-state index is 9.95. The maximum Gasteiger partial charge on any atom is 0.0714 e. The van der Waals surface area contributed by atoms with Crippen LogP contribution in [-0.2, 0) is 5.41 Å². The fourth-order valence-electron chi connectivity index (χ4n) is 9.21. The Morgan fingerprint density at radius 1 is 0.288 bits per heavy atom. The molecule has 12 rings (SSSR count). The third-order valence-electron chi connectivity index (χ3n) is 12.2. The van der Waals surface area contributed by atoms with Crippen molar-refractivity contribution < 1.29 is 23.3 Å². The quantitative estimate of drug-likeness (QED) is 0.140. The van der Waals surface area contributed by atoms with Crippen LogP contribution in [0.25, 0.3) is 66.4 Å². The van der Waals surface area contributed by atoms with Gasteiger partial charge < -0.3 is 4.90 Å². The van der Waals surface area contributed by atoms with Gasteiger partial charge in [0.15, 0.2) is 0 Å². The first-order valence-corrected chi connectivity index (χ1v) is 21.4. The first-order chi connectivity index (χ1) is 39.8. The van der Waals surface area contributed by atoms with Crippen molar-refractivity contribution in [1.29, 1.82) is 0 Å². The Morgan fingerprint density at radius 2 is 0.773 bits per heavy atom. The molecule has 0 spiro atoms. The molecule has 0 saturated heterocycles. The zero-order valence-electron chi connectivity index (χ0n) is 52.1. The molecule has 1 heteroatoms. The molecule has 11 aromatic rings. The van der Waals surface area contributed by atoms with Gasteiger partial charge in [0.25, 0.3) is 0 Å². The predicted octanol–water partition coefficient (Wildman–Crippen LogP) is 17.3. The van der Waals surface area contributed by atoms with E-state index in [2.05, 4.69) is 0 Å². The predicted molar refractivity (Wildman–Crippen MR) is 278 cm³/mol. The number of nitrogens with zero attached hydrogens (tertiary/aromatic N) is 1. The van der Waals surface area contributed by atoms with Crippen molar-refractivity contribution in [3.8, 4) is 55.6 Å². The van der Waals surface area contributed by atoms with Crippen molar-refractivity contribution in [2.75, 3.05) is 4.90 Å². The number of anilines is 3. The SMILES string of the molecule is [2H]c1c([2H])c([2H])c(-c2c([2H])c([2H])c(-c3c([2H])c([2H])c(N(c4ccc5c(c4)C(c4ccccc4)(c4ccccc4)c4ccccc4-5)c4c([2H])c([2H])c(-c5cccc(-c6ccc7ccccc7c6)c5)c([2H])c4[2H])c([2H])c3[2H])c([2H])c2[2H])c([2H])c1[2H]. The van der Waals surface area contributed by atoms with Crippen LogP contribution in [0, 0.1) is 0 Å². The molecule has 0 N–H and O–H groups in total. The van der Waals surface area contributed by atoms with E-state index in [9.17, 15) is 13.7 Å². The third kappa shape index (κ3) is 6.81. The molecule has 1 aliphatic rings. The zero-order valence-corrected chi connectivity index (χ0v) is 35.1. The van der Waals surface area contributed by atoms with E-state index < -0.39 is 142 Å². The van der Waals surface area contributed by atoms with Gasteiger partial charge in [-0.05, 0) is 137 Å². The number of hydrogen-bond donors (Lipinski definition) is 0. The van der Waals surface area contributed by atoms with Crippen LogP contribution in [-0.4, -0.2) is 0 Å². The minimum atomic E-state index is -1.03. The Kier molecular flexibility index (Phi) is 6.29. The van der Waals surface area contributed by atoms with Crippen LogP contribution in [0.5, 0.6) is 0 Å². The van der Waals surface area contributed by atoms with Gasteiger partial charge in [0.1, 0.15) is 0 Å². The van der Waals surface area contributed by atoms with Gasteiger partial charge in [0.2, 0.25) is 0 Å². The summed E-state index contributed by atoms with van der Waals surface area (Å²) in [7, 11) is 0. The molecule has 1 nitrogen and oxygen atoms in total. The van der Waals surface area contributed by atoms with Gasteiger partial charge in [0, 0.05) is 17.1 Å². The molecule has 0 amide bonds. The normalized spacial score (nSPS) is 16.0. The number of fused-ring (bicyclic) bond motifs is 4. The van der Waals surface area contributed by atoms with E-state index in [-0.39, 0.29) is 11.3 Å². The molecule has 0 unspecified atom stereocenters. The number of rotatable bonds is 9. The van der Waals surface area contributed by atoms with Crippen LogP contribution < -0.4 is 4.90 Å². The highest BCUT2D eigenvalue weighted by Gasteiger charge is 2.46.